The van der Waals surface area contributed by atoms with E-state index in [2.05, 4.69) is 10.1 Å². The van der Waals surface area contributed by atoms with Crippen LogP contribution in [0.5, 0.6) is 0 Å². The fourth-order valence-corrected chi connectivity index (χ4v) is 1.95. The van der Waals surface area contributed by atoms with Gasteiger partial charge in [-0.2, -0.15) is 11.3 Å². The Balaban J connectivity index is 2.22. The van der Waals surface area contributed by atoms with Gasteiger partial charge in [-0.25, -0.2) is 0 Å². The number of amides is 1. The van der Waals surface area contributed by atoms with Crippen molar-refractivity contribution in [2.24, 2.45) is 0 Å². The maximum Gasteiger partial charge on any atom is 0.316 e. The molecule has 4 nitrogen and oxygen atoms in total. The monoisotopic (exact) mass is 257 g/mol. The van der Waals surface area contributed by atoms with Crippen LogP contribution in [0.4, 0.5) is 4.79 Å². The van der Waals surface area contributed by atoms with Crippen molar-refractivity contribution in [3.05, 3.63) is 28.6 Å². The number of thioether (sulfide) groups is 1. The zero-order chi connectivity index (χ0) is 11.8. The lowest BCUT2D eigenvalue weighted by Gasteiger charge is -1.98. The number of hydrogen-bond acceptors (Lipinski definition) is 5. The molecule has 1 aromatic heterocycles. The highest BCUT2D eigenvalue weighted by atomic mass is 32.2. The van der Waals surface area contributed by atoms with Crippen LogP contribution in [0.15, 0.2) is 23.0 Å². The van der Waals surface area contributed by atoms with Crippen LogP contribution in [0.3, 0.4) is 0 Å². The standard InChI is InChI=1S/C10H11NO3S2/c1-14-9(12)7-16-10(13)11-4-2-8-3-5-15-6-8/h2-6H,7H2,1H3,(H,11,13)/b4-2+. The fourth-order valence-electron chi connectivity index (χ4n) is 0.801. The summed E-state index contributed by atoms with van der Waals surface area (Å²) in [5.41, 5.74) is 1.03. The molecule has 1 heterocycles. The predicted molar refractivity (Wildman–Crippen MR) is 66.4 cm³/mol. The highest BCUT2D eigenvalue weighted by Gasteiger charge is 2.05. The maximum absolute atomic E-state index is 11.2. The average molecular weight is 257 g/mol. The second-order valence-electron chi connectivity index (χ2n) is 2.69. The van der Waals surface area contributed by atoms with Gasteiger partial charge >= 0.3 is 5.97 Å². The van der Waals surface area contributed by atoms with Gasteiger partial charge in [-0.1, -0.05) is 11.8 Å². The smallest absolute Gasteiger partial charge is 0.316 e. The quantitative estimate of drug-likeness (QED) is 0.841. The Morgan fingerprint density at radius 1 is 1.62 bits per heavy atom. The highest BCUT2D eigenvalue weighted by Crippen LogP contribution is 2.07. The second-order valence-corrected chi connectivity index (χ2v) is 4.41. The van der Waals surface area contributed by atoms with Crippen molar-refractivity contribution >= 4 is 40.4 Å². The van der Waals surface area contributed by atoms with Crippen LogP contribution in [0.2, 0.25) is 0 Å². The first-order chi connectivity index (χ1) is 7.72. The molecule has 6 heteroatoms. The van der Waals surface area contributed by atoms with Gasteiger partial charge in [-0.15, -0.1) is 0 Å². The maximum atomic E-state index is 11.2. The Labute approximate surface area is 102 Å². The minimum absolute atomic E-state index is 0.0224. The third kappa shape index (κ3) is 4.99. The third-order valence-corrected chi connectivity index (χ3v) is 3.03. The molecule has 0 aromatic carbocycles. The Hall–Kier alpha value is -1.27. The van der Waals surface area contributed by atoms with Crippen molar-refractivity contribution in [1.29, 1.82) is 0 Å². The molecule has 0 saturated carbocycles. The largest absolute Gasteiger partial charge is 0.468 e. The van der Waals surface area contributed by atoms with Gasteiger partial charge in [0.15, 0.2) is 0 Å². The molecular formula is C10H11NO3S2. The lowest BCUT2D eigenvalue weighted by atomic mass is 10.3. The summed E-state index contributed by atoms with van der Waals surface area (Å²) in [5, 5.41) is 6.17. The number of carbonyl (C=O) groups is 2. The summed E-state index contributed by atoms with van der Waals surface area (Å²) >= 11 is 2.46. The van der Waals surface area contributed by atoms with Crippen molar-refractivity contribution in [3.63, 3.8) is 0 Å². The number of ether oxygens (including phenoxy) is 1. The highest BCUT2D eigenvalue weighted by molar-refractivity contribution is 8.14. The molecule has 1 N–H and O–H groups in total. The number of esters is 1. The zero-order valence-electron chi connectivity index (χ0n) is 8.64. The predicted octanol–water partition coefficient (Wildman–Crippen LogP) is 2.33. The van der Waals surface area contributed by atoms with Gasteiger partial charge in [-0.3, -0.25) is 9.59 Å². The molecule has 1 amide bonds. The molecule has 0 fully saturated rings. The fraction of sp³-hybridized carbons (Fsp3) is 0.200. The first-order valence-electron chi connectivity index (χ1n) is 4.41. The van der Waals surface area contributed by atoms with Crippen LogP contribution < -0.4 is 5.32 Å². The Morgan fingerprint density at radius 2 is 2.44 bits per heavy atom. The lowest BCUT2D eigenvalue weighted by molar-refractivity contribution is -0.137. The van der Waals surface area contributed by atoms with E-state index in [0.717, 1.165) is 17.3 Å². The summed E-state index contributed by atoms with van der Waals surface area (Å²) < 4.78 is 4.41. The molecule has 86 valence electrons. The van der Waals surface area contributed by atoms with E-state index in [1.165, 1.54) is 7.11 Å². The van der Waals surface area contributed by atoms with Crippen molar-refractivity contribution in [3.8, 4) is 0 Å². The molecule has 1 aromatic rings. The van der Waals surface area contributed by atoms with Crippen LogP contribution >= 0.6 is 23.1 Å². The van der Waals surface area contributed by atoms with E-state index in [1.54, 1.807) is 23.6 Å². The number of carbonyl (C=O) groups excluding carboxylic acids is 2. The van der Waals surface area contributed by atoms with E-state index in [-0.39, 0.29) is 11.0 Å². The summed E-state index contributed by atoms with van der Waals surface area (Å²) in [7, 11) is 1.29. The van der Waals surface area contributed by atoms with Crippen molar-refractivity contribution in [2.45, 2.75) is 0 Å². The first kappa shape index (κ1) is 12.8. The van der Waals surface area contributed by atoms with Gasteiger partial charge in [0.25, 0.3) is 5.24 Å². The van der Waals surface area contributed by atoms with Gasteiger partial charge in [0, 0.05) is 6.20 Å². The van der Waals surface area contributed by atoms with E-state index in [1.807, 2.05) is 16.8 Å². The van der Waals surface area contributed by atoms with E-state index in [9.17, 15) is 9.59 Å². The summed E-state index contributed by atoms with van der Waals surface area (Å²) in [6.07, 6.45) is 3.34. The molecule has 0 atom stereocenters. The molecule has 1 rings (SSSR count). The molecule has 16 heavy (non-hydrogen) atoms. The second kappa shape index (κ2) is 7.08. The number of methoxy groups -OCH3 is 1. The number of nitrogens with one attached hydrogen (secondary N) is 1. The van der Waals surface area contributed by atoms with Gasteiger partial charge in [0.2, 0.25) is 0 Å². The normalized spacial score (nSPS) is 10.3. The van der Waals surface area contributed by atoms with Crippen LogP contribution in [0.1, 0.15) is 5.56 Å². The molecule has 0 spiro atoms. The summed E-state index contributed by atoms with van der Waals surface area (Å²) in [6.45, 7) is 0. The molecular weight excluding hydrogens is 246 g/mol. The number of rotatable bonds is 4. The van der Waals surface area contributed by atoms with Crippen LogP contribution in [-0.2, 0) is 9.53 Å². The van der Waals surface area contributed by atoms with Crippen molar-refractivity contribution in [2.75, 3.05) is 12.9 Å². The molecule has 0 aliphatic rings. The molecule has 0 bridgehead atoms. The van der Waals surface area contributed by atoms with Crippen LogP contribution in [0.25, 0.3) is 6.08 Å². The van der Waals surface area contributed by atoms with Crippen molar-refractivity contribution in [1.82, 2.24) is 5.32 Å². The zero-order valence-corrected chi connectivity index (χ0v) is 10.3. The summed E-state index contributed by atoms with van der Waals surface area (Å²) in [4.78, 5) is 21.9. The van der Waals surface area contributed by atoms with E-state index in [4.69, 9.17) is 0 Å². The Kier molecular flexibility index (Phi) is 5.66. The minimum atomic E-state index is -0.415. The number of thiophene rings is 1. The first-order valence-corrected chi connectivity index (χ1v) is 6.34. The Morgan fingerprint density at radius 3 is 3.06 bits per heavy atom. The summed E-state index contributed by atoms with van der Waals surface area (Å²) in [5.74, 6) is -0.392. The van der Waals surface area contributed by atoms with Crippen LogP contribution in [-0.4, -0.2) is 24.1 Å². The SMILES string of the molecule is COC(=O)CSC(=O)N/C=C/c1ccsc1. The van der Waals surface area contributed by atoms with Gasteiger partial charge in [-0.05, 0) is 28.5 Å². The van der Waals surface area contributed by atoms with Gasteiger partial charge in [0.05, 0.1) is 7.11 Å². The molecule has 0 saturated heterocycles. The summed E-state index contributed by atoms with van der Waals surface area (Å²) in [6, 6.07) is 1.94. The molecule has 0 unspecified atom stereocenters. The topological polar surface area (TPSA) is 55.4 Å². The van der Waals surface area contributed by atoms with E-state index in [0.29, 0.717) is 0 Å². The van der Waals surface area contributed by atoms with Crippen LogP contribution in [0, 0.1) is 0 Å². The van der Waals surface area contributed by atoms with E-state index >= 15 is 0 Å². The molecule has 0 aliphatic heterocycles. The van der Waals surface area contributed by atoms with Crippen molar-refractivity contribution < 1.29 is 14.3 Å². The molecule has 0 aliphatic carbocycles. The van der Waals surface area contributed by atoms with Gasteiger partial charge in [0.1, 0.15) is 5.75 Å². The average Bonchev–Trinajstić information content (AvgIpc) is 2.79. The van der Waals surface area contributed by atoms with E-state index < -0.39 is 5.97 Å². The van der Waals surface area contributed by atoms with Gasteiger partial charge < -0.3 is 10.1 Å². The molecule has 0 radical (unpaired) electrons. The lowest BCUT2D eigenvalue weighted by Crippen LogP contribution is -2.14. The Bertz CT molecular complexity index is 373. The minimum Gasteiger partial charge on any atom is -0.468 e. The third-order valence-electron chi connectivity index (χ3n) is 1.57. The number of hydrogen-bond donors (Lipinski definition) is 1.